The predicted octanol–water partition coefficient (Wildman–Crippen LogP) is 2.62. The highest BCUT2D eigenvalue weighted by atomic mass is 16.2. The van der Waals surface area contributed by atoms with Gasteiger partial charge in [-0.2, -0.15) is 0 Å². The van der Waals surface area contributed by atoms with E-state index in [-0.39, 0.29) is 0 Å². The van der Waals surface area contributed by atoms with Gasteiger partial charge < -0.3 is 10.2 Å². The molecule has 0 aliphatic heterocycles. The summed E-state index contributed by atoms with van der Waals surface area (Å²) in [5, 5.41) is 2.63. The van der Waals surface area contributed by atoms with Crippen LogP contribution in [0.5, 0.6) is 0 Å². The van der Waals surface area contributed by atoms with Crippen LogP contribution in [-0.2, 0) is 9.59 Å². The second-order valence-corrected chi connectivity index (χ2v) is 4.71. The van der Waals surface area contributed by atoms with E-state index in [2.05, 4.69) is 19.2 Å². The van der Waals surface area contributed by atoms with Gasteiger partial charge in [0.25, 0.3) is 0 Å². The van der Waals surface area contributed by atoms with Gasteiger partial charge in [-0.3, -0.25) is 9.59 Å². The molecule has 1 aromatic carbocycles. The lowest BCUT2D eigenvalue weighted by Gasteiger charge is -2.17. The first kappa shape index (κ1) is 15.2. The van der Waals surface area contributed by atoms with Crippen molar-refractivity contribution in [3.63, 3.8) is 0 Å². The molecule has 1 rings (SSSR count). The highest BCUT2D eigenvalue weighted by Crippen LogP contribution is 2.17. The molecular weight excluding hydrogens is 240 g/mol. The molecule has 2 amide bonds. The molecule has 0 heterocycles. The van der Waals surface area contributed by atoms with Crippen molar-refractivity contribution < 1.29 is 9.59 Å². The molecule has 4 nitrogen and oxygen atoms in total. The molecule has 104 valence electrons. The standard InChI is InChI=1S/C15H22N2O2/c1-5-17(6-2)15(19)14(18)16-13-9-7-12(8-10-13)11(3)4/h7-11H,5-6H2,1-4H3,(H,16,18). The van der Waals surface area contributed by atoms with Gasteiger partial charge in [0.05, 0.1) is 0 Å². The molecule has 0 radical (unpaired) electrons. The lowest BCUT2D eigenvalue weighted by Crippen LogP contribution is -2.39. The maximum atomic E-state index is 11.8. The Hall–Kier alpha value is -1.84. The zero-order valence-electron chi connectivity index (χ0n) is 12.1. The predicted molar refractivity (Wildman–Crippen MR) is 77.1 cm³/mol. The van der Waals surface area contributed by atoms with Crippen molar-refractivity contribution in [2.75, 3.05) is 18.4 Å². The van der Waals surface area contributed by atoms with Crippen molar-refractivity contribution in [1.82, 2.24) is 4.90 Å². The Labute approximate surface area is 114 Å². The van der Waals surface area contributed by atoms with Gasteiger partial charge in [-0.05, 0) is 37.5 Å². The molecule has 0 unspecified atom stereocenters. The Morgan fingerprint density at radius 1 is 1.11 bits per heavy atom. The lowest BCUT2D eigenvalue weighted by molar-refractivity contribution is -0.142. The molecule has 0 aromatic heterocycles. The summed E-state index contributed by atoms with van der Waals surface area (Å²) in [6, 6.07) is 7.57. The minimum atomic E-state index is -0.582. The number of hydrogen-bond donors (Lipinski definition) is 1. The molecule has 19 heavy (non-hydrogen) atoms. The van der Waals surface area contributed by atoms with Crippen molar-refractivity contribution in [3.8, 4) is 0 Å². The van der Waals surface area contributed by atoms with Crippen LogP contribution >= 0.6 is 0 Å². The van der Waals surface area contributed by atoms with Crippen molar-refractivity contribution >= 4 is 17.5 Å². The maximum absolute atomic E-state index is 11.8. The van der Waals surface area contributed by atoms with E-state index in [1.165, 1.54) is 10.5 Å². The normalized spacial score (nSPS) is 10.4. The van der Waals surface area contributed by atoms with E-state index in [1.54, 1.807) is 0 Å². The molecule has 0 spiro atoms. The van der Waals surface area contributed by atoms with Crippen LogP contribution in [0.3, 0.4) is 0 Å². The number of likely N-dealkylation sites (N-methyl/N-ethyl adjacent to an activating group) is 1. The van der Waals surface area contributed by atoms with Crippen LogP contribution in [0, 0.1) is 0 Å². The smallest absolute Gasteiger partial charge is 0.313 e. The molecule has 1 aromatic rings. The van der Waals surface area contributed by atoms with E-state index in [9.17, 15) is 9.59 Å². The van der Waals surface area contributed by atoms with Crippen LogP contribution in [0.15, 0.2) is 24.3 Å². The number of hydrogen-bond acceptors (Lipinski definition) is 2. The van der Waals surface area contributed by atoms with Gasteiger partial charge in [0.2, 0.25) is 0 Å². The van der Waals surface area contributed by atoms with Crippen LogP contribution in [0.2, 0.25) is 0 Å². The van der Waals surface area contributed by atoms with Gasteiger partial charge in [0, 0.05) is 18.8 Å². The van der Waals surface area contributed by atoms with E-state index < -0.39 is 11.8 Å². The summed E-state index contributed by atoms with van der Waals surface area (Å²) in [4.78, 5) is 25.1. The summed E-state index contributed by atoms with van der Waals surface area (Å²) in [5.74, 6) is -0.624. The van der Waals surface area contributed by atoms with E-state index in [4.69, 9.17) is 0 Å². The summed E-state index contributed by atoms with van der Waals surface area (Å²) in [7, 11) is 0. The fraction of sp³-hybridized carbons (Fsp3) is 0.467. The van der Waals surface area contributed by atoms with Gasteiger partial charge >= 0.3 is 11.8 Å². The first-order valence-corrected chi connectivity index (χ1v) is 6.69. The summed E-state index contributed by atoms with van der Waals surface area (Å²) < 4.78 is 0. The monoisotopic (exact) mass is 262 g/mol. The molecule has 0 aliphatic carbocycles. The second kappa shape index (κ2) is 6.92. The van der Waals surface area contributed by atoms with Gasteiger partial charge in [0.1, 0.15) is 0 Å². The van der Waals surface area contributed by atoms with Crippen LogP contribution in [-0.4, -0.2) is 29.8 Å². The summed E-state index contributed by atoms with van der Waals surface area (Å²) >= 11 is 0. The minimum Gasteiger partial charge on any atom is -0.335 e. The van der Waals surface area contributed by atoms with Gasteiger partial charge in [-0.1, -0.05) is 26.0 Å². The third kappa shape index (κ3) is 4.09. The summed E-state index contributed by atoms with van der Waals surface area (Å²) in [6.45, 7) is 9.00. The average molecular weight is 262 g/mol. The molecule has 0 atom stereocenters. The third-order valence-electron chi connectivity index (χ3n) is 3.08. The highest BCUT2D eigenvalue weighted by molar-refractivity contribution is 6.39. The molecule has 4 heteroatoms. The highest BCUT2D eigenvalue weighted by Gasteiger charge is 2.19. The number of rotatable bonds is 4. The van der Waals surface area contributed by atoms with Crippen molar-refractivity contribution in [2.24, 2.45) is 0 Å². The number of carbonyl (C=O) groups excluding carboxylic acids is 2. The Morgan fingerprint density at radius 3 is 2.05 bits per heavy atom. The number of anilines is 1. The largest absolute Gasteiger partial charge is 0.335 e. The molecule has 1 N–H and O–H groups in total. The minimum absolute atomic E-state index is 0.446. The van der Waals surface area contributed by atoms with E-state index >= 15 is 0 Å². The number of nitrogens with one attached hydrogen (secondary N) is 1. The van der Waals surface area contributed by atoms with Crippen molar-refractivity contribution in [2.45, 2.75) is 33.6 Å². The van der Waals surface area contributed by atoms with Crippen molar-refractivity contribution in [3.05, 3.63) is 29.8 Å². The van der Waals surface area contributed by atoms with Gasteiger partial charge in [-0.25, -0.2) is 0 Å². The number of carbonyl (C=O) groups is 2. The summed E-state index contributed by atoms with van der Waals surface area (Å²) in [6.07, 6.45) is 0. The van der Waals surface area contributed by atoms with E-state index in [0.717, 1.165) is 0 Å². The zero-order chi connectivity index (χ0) is 14.4. The fourth-order valence-electron chi connectivity index (χ4n) is 1.79. The second-order valence-electron chi connectivity index (χ2n) is 4.71. The van der Waals surface area contributed by atoms with Gasteiger partial charge in [0.15, 0.2) is 0 Å². The molecule has 0 bridgehead atoms. The van der Waals surface area contributed by atoms with E-state index in [0.29, 0.717) is 24.7 Å². The number of benzene rings is 1. The van der Waals surface area contributed by atoms with E-state index in [1.807, 2.05) is 38.1 Å². The Bertz CT molecular complexity index is 434. The number of nitrogens with zero attached hydrogens (tertiary/aromatic N) is 1. The SMILES string of the molecule is CCN(CC)C(=O)C(=O)Nc1ccc(C(C)C)cc1. The van der Waals surface area contributed by atoms with Crippen LogP contribution in [0.4, 0.5) is 5.69 Å². The van der Waals surface area contributed by atoms with Crippen LogP contribution < -0.4 is 5.32 Å². The third-order valence-corrected chi connectivity index (χ3v) is 3.08. The zero-order valence-corrected chi connectivity index (χ0v) is 12.1. The first-order chi connectivity index (χ1) is 8.99. The van der Waals surface area contributed by atoms with Crippen LogP contribution in [0.1, 0.15) is 39.2 Å². The molecule has 0 saturated heterocycles. The molecule has 0 aliphatic rings. The quantitative estimate of drug-likeness (QED) is 0.848. The average Bonchev–Trinajstić information content (AvgIpc) is 2.40. The topological polar surface area (TPSA) is 49.4 Å². The Morgan fingerprint density at radius 2 is 1.63 bits per heavy atom. The van der Waals surface area contributed by atoms with Crippen molar-refractivity contribution in [1.29, 1.82) is 0 Å². The molecular formula is C15H22N2O2. The molecule has 0 fully saturated rings. The summed E-state index contributed by atoms with van der Waals surface area (Å²) in [5.41, 5.74) is 1.85. The number of amides is 2. The Balaban J connectivity index is 2.69. The lowest BCUT2D eigenvalue weighted by atomic mass is 10.0. The fourth-order valence-corrected chi connectivity index (χ4v) is 1.79. The first-order valence-electron chi connectivity index (χ1n) is 6.69. The molecule has 0 saturated carbocycles. The van der Waals surface area contributed by atoms with Gasteiger partial charge in [-0.15, -0.1) is 0 Å². The van der Waals surface area contributed by atoms with Crippen LogP contribution in [0.25, 0.3) is 0 Å². The Kier molecular flexibility index (Phi) is 5.55. The maximum Gasteiger partial charge on any atom is 0.313 e.